The van der Waals surface area contributed by atoms with Gasteiger partial charge >= 0.3 is 0 Å². The van der Waals surface area contributed by atoms with E-state index in [0.717, 1.165) is 30.9 Å². The predicted molar refractivity (Wildman–Crippen MR) is 70.3 cm³/mol. The van der Waals surface area contributed by atoms with Crippen molar-refractivity contribution >= 4 is 11.8 Å². The molecule has 5 heteroatoms. The van der Waals surface area contributed by atoms with Crippen molar-refractivity contribution < 1.29 is 5.11 Å². The summed E-state index contributed by atoms with van der Waals surface area (Å²) in [6, 6.07) is 1.87. The molecule has 0 fully saturated rings. The number of hydrogen-bond donors (Lipinski definition) is 3. The molecule has 5 nitrogen and oxygen atoms in total. The molecule has 0 radical (unpaired) electrons. The number of hydrogen-bond acceptors (Lipinski definition) is 5. The van der Waals surface area contributed by atoms with Crippen LogP contribution in [0.3, 0.4) is 0 Å². The number of nitrogens with zero attached hydrogens (tertiary/aromatic N) is 2. The average molecular weight is 238 g/mol. The highest BCUT2D eigenvalue weighted by atomic mass is 16.3. The second-order valence-corrected chi connectivity index (χ2v) is 4.09. The van der Waals surface area contributed by atoms with Gasteiger partial charge in [0.2, 0.25) is 5.95 Å². The summed E-state index contributed by atoms with van der Waals surface area (Å²) in [7, 11) is 0. The van der Waals surface area contributed by atoms with Crippen molar-refractivity contribution in [1.82, 2.24) is 9.97 Å². The van der Waals surface area contributed by atoms with E-state index < -0.39 is 0 Å². The third kappa shape index (κ3) is 4.99. The predicted octanol–water partition coefficient (Wildman–Crippen LogP) is 1.79. The van der Waals surface area contributed by atoms with Crippen LogP contribution in [0.15, 0.2) is 6.07 Å². The monoisotopic (exact) mass is 238 g/mol. The second-order valence-electron chi connectivity index (χ2n) is 4.09. The van der Waals surface area contributed by atoms with Crippen molar-refractivity contribution in [3.63, 3.8) is 0 Å². The maximum Gasteiger partial charge on any atom is 0.224 e. The van der Waals surface area contributed by atoms with Gasteiger partial charge in [-0.1, -0.05) is 13.8 Å². The molecule has 96 valence electrons. The van der Waals surface area contributed by atoms with Crippen LogP contribution in [0, 0.1) is 6.92 Å². The van der Waals surface area contributed by atoms with Crippen LogP contribution in [0.2, 0.25) is 0 Å². The normalized spacial score (nSPS) is 12.2. The number of aliphatic hydroxyl groups is 1. The summed E-state index contributed by atoms with van der Waals surface area (Å²) in [6.45, 7) is 7.35. The van der Waals surface area contributed by atoms with Gasteiger partial charge in [0.25, 0.3) is 0 Å². The second kappa shape index (κ2) is 7.06. The minimum atomic E-state index is -0.336. The van der Waals surface area contributed by atoms with E-state index in [1.165, 1.54) is 0 Å². The van der Waals surface area contributed by atoms with Crippen molar-refractivity contribution in [3.05, 3.63) is 11.8 Å². The molecule has 1 atom stereocenters. The van der Waals surface area contributed by atoms with Gasteiger partial charge in [0.05, 0.1) is 6.10 Å². The zero-order chi connectivity index (χ0) is 12.7. The van der Waals surface area contributed by atoms with Crippen LogP contribution in [-0.2, 0) is 0 Å². The van der Waals surface area contributed by atoms with E-state index >= 15 is 0 Å². The van der Waals surface area contributed by atoms with Gasteiger partial charge in [-0.15, -0.1) is 0 Å². The Labute approximate surface area is 103 Å². The first-order valence-corrected chi connectivity index (χ1v) is 6.17. The Balaban J connectivity index is 2.61. The molecule has 0 aliphatic carbocycles. The van der Waals surface area contributed by atoms with E-state index in [4.69, 9.17) is 0 Å². The number of anilines is 2. The first kappa shape index (κ1) is 13.7. The third-order valence-electron chi connectivity index (χ3n) is 2.38. The Kier molecular flexibility index (Phi) is 5.69. The lowest BCUT2D eigenvalue weighted by molar-refractivity contribution is 0.183. The van der Waals surface area contributed by atoms with E-state index in [1.54, 1.807) is 0 Å². The highest BCUT2D eigenvalue weighted by Crippen LogP contribution is 2.09. The van der Waals surface area contributed by atoms with Gasteiger partial charge in [0, 0.05) is 24.8 Å². The Morgan fingerprint density at radius 3 is 2.71 bits per heavy atom. The van der Waals surface area contributed by atoms with Crippen LogP contribution in [0.4, 0.5) is 11.8 Å². The summed E-state index contributed by atoms with van der Waals surface area (Å²) in [4.78, 5) is 8.63. The minimum Gasteiger partial charge on any atom is -0.391 e. The third-order valence-corrected chi connectivity index (χ3v) is 2.38. The lowest BCUT2D eigenvalue weighted by Crippen LogP contribution is -2.19. The molecule has 1 rings (SSSR count). The zero-order valence-electron chi connectivity index (χ0n) is 10.8. The SMILES string of the molecule is CCCNc1nc(C)cc(NCC(O)CC)n1. The maximum absolute atomic E-state index is 9.48. The van der Waals surface area contributed by atoms with Gasteiger partial charge in [0.1, 0.15) is 5.82 Å². The number of nitrogens with one attached hydrogen (secondary N) is 2. The van der Waals surface area contributed by atoms with Crippen LogP contribution >= 0.6 is 0 Å². The van der Waals surface area contributed by atoms with Crippen molar-refractivity contribution in [3.8, 4) is 0 Å². The van der Waals surface area contributed by atoms with Crippen LogP contribution in [0.1, 0.15) is 32.4 Å². The first-order chi connectivity index (χ1) is 8.15. The molecule has 17 heavy (non-hydrogen) atoms. The van der Waals surface area contributed by atoms with Crippen molar-refractivity contribution in [2.24, 2.45) is 0 Å². The summed E-state index contributed by atoms with van der Waals surface area (Å²) in [5.41, 5.74) is 0.909. The number of aliphatic hydroxyl groups excluding tert-OH is 1. The Morgan fingerprint density at radius 1 is 1.29 bits per heavy atom. The molecular formula is C12H22N4O. The number of rotatable bonds is 7. The smallest absolute Gasteiger partial charge is 0.224 e. The lowest BCUT2D eigenvalue weighted by Gasteiger charge is -2.11. The summed E-state index contributed by atoms with van der Waals surface area (Å²) < 4.78 is 0. The molecule has 3 N–H and O–H groups in total. The topological polar surface area (TPSA) is 70.1 Å². The van der Waals surface area contributed by atoms with Crippen LogP contribution in [0.25, 0.3) is 0 Å². The molecule has 0 aliphatic heterocycles. The molecule has 0 saturated carbocycles. The fourth-order valence-corrected chi connectivity index (χ4v) is 1.34. The van der Waals surface area contributed by atoms with Gasteiger partial charge in [-0.2, -0.15) is 4.98 Å². The van der Waals surface area contributed by atoms with E-state index in [2.05, 4.69) is 27.5 Å². The molecule has 0 amide bonds. The lowest BCUT2D eigenvalue weighted by atomic mass is 10.3. The Bertz CT molecular complexity index is 343. The molecule has 0 bridgehead atoms. The molecule has 0 aliphatic rings. The van der Waals surface area contributed by atoms with Gasteiger partial charge in [-0.25, -0.2) is 4.98 Å². The van der Waals surface area contributed by atoms with Crippen LogP contribution in [0.5, 0.6) is 0 Å². The molecule has 1 heterocycles. The van der Waals surface area contributed by atoms with Crippen molar-refractivity contribution in [1.29, 1.82) is 0 Å². The van der Waals surface area contributed by atoms with Gasteiger partial charge in [-0.05, 0) is 19.8 Å². The zero-order valence-corrected chi connectivity index (χ0v) is 10.8. The molecule has 1 unspecified atom stereocenters. The quantitative estimate of drug-likeness (QED) is 0.675. The largest absolute Gasteiger partial charge is 0.391 e. The Hall–Kier alpha value is -1.36. The highest BCUT2D eigenvalue weighted by Gasteiger charge is 2.04. The maximum atomic E-state index is 9.48. The van der Waals surface area contributed by atoms with Gasteiger partial charge in [0.15, 0.2) is 0 Å². The fraction of sp³-hybridized carbons (Fsp3) is 0.667. The molecule has 1 aromatic heterocycles. The van der Waals surface area contributed by atoms with Crippen molar-refractivity contribution in [2.45, 2.75) is 39.7 Å². The molecule has 0 aromatic carbocycles. The summed E-state index contributed by atoms with van der Waals surface area (Å²) in [5, 5.41) is 15.7. The molecule has 0 spiro atoms. The standard InChI is InChI=1S/C12H22N4O/c1-4-6-13-12-15-9(3)7-11(16-12)14-8-10(17)5-2/h7,10,17H,4-6,8H2,1-3H3,(H2,13,14,15,16). The van der Waals surface area contributed by atoms with E-state index in [1.807, 2.05) is 19.9 Å². The van der Waals surface area contributed by atoms with Crippen molar-refractivity contribution in [2.75, 3.05) is 23.7 Å². The van der Waals surface area contributed by atoms with Crippen LogP contribution < -0.4 is 10.6 Å². The molecular weight excluding hydrogens is 216 g/mol. The summed E-state index contributed by atoms with van der Waals surface area (Å²) >= 11 is 0. The van der Waals surface area contributed by atoms with Gasteiger partial charge in [-0.3, -0.25) is 0 Å². The number of aromatic nitrogens is 2. The Morgan fingerprint density at radius 2 is 2.06 bits per heavy atom. The number of aryl methyl sites for hydroxylation is 1. The highest BCUT2D eigenvalue weighted by molar-refractivity contribution is 5.42. The van der Waals surface area contributed by atoms with Gasteiger partial charge < -0.3 is 15.7 Å². The molecule has 1 aromatic rings. The summed E-state index contributed by atoms with van der Waals surface area (Å²) in [5.74, 6) is 1.39. The van der Waals surface area contributed by atoms with Crippen LogP contribution in [-0.4, -0.2) is 34.3 Å². The molecule has 0 saturated heterocycles. The first-order valence-electron chi connectivity index (χ1n) is 6.17. The van der Waals surface area contributed by atoms with E-state index in [-0.39, 0.29) is 6.10 Å². The van der Waals surface area contributed by atoms with E-state index in [0.29, 0.717) is 12.5 Å². The van der Waals surface area contributed by atoms with E-state index in [9.17, 15) is 5.11 Å². The fourth-order valence-electron chi connectivity index (χ4n) is 1.34. The minimum absolute atomic E-state index is 0.336. The summed E-state index contributed by atoms with van der Waals surface area (Å²) in [6.07, 6.45) is 1.43. The average Bonchev–Trinajstić information content (AvgIpc) is 2.32.